The SMILES string of the molecule is CCN(CC)C(=O)[C@H]1CSCN1C(=O)CNC(=O)c1ccc(Br)o1. The van der Waals surface area contributed by atoms with Crippen LogP contribution in [0.3, 0.4) is 0 Å². The zero-order valence-electron chi connectivity index (χ0n) is 13.6. The number of amides is 3. The standard InChI is InChI=1S/C15H20BrN3O4S/c1-3-18(4-2)15(22)10-8-24-9-19(10)13(20)7-17-14(21)11-5-6-12(16)23-11/h5-6,10H,3-4,7-9H2,1-2H3,(H,17,21)/t10-/m1/s1. The largest absolute Gasteiger partial charge is 0.444 e. The highest BCUT2D eigenvalue weighted by Crippen LogP contribution is 2.22. The first-order valence-electron chi connectivity index (χ1n) is 7.67. The molecule has 0 radical (unpaired) electrons. The van der Waals surface area contributed by atoms with Crippen molar-refractivity contribution < 1.29 is 18.8 Å². The summed E-state index contributed by atoms with van der Waals surface area (Å²) in [5.74, 6) is 0.386. The molecule has 1 atom stereocenters. The molecule has 0 saturated carbocycles. The summed E-state index contributed by atoms with van der Waals surface area (Å²) >= 11 is 4.66. The average Bonchev–Trinajstić information content (AvgIpc) is 3.22. The lowest BCUT2D eigenvalue weighted by Gasteiger charge is -2.28. The summed E-state index contributed by atoms with van der Waals surface area (Å²) in [6, 6.07) is 2.66. The molecule has 1 fully saturated rings. The highest BCUT2D eigenvalue weighted by molar-refractivity contribution is 9.10. The molecule has 24 heavy (non-hydrogen) atoms. The van der Waals surface area contributed by atoms with Crippen molar-refractivity contribution in [1.82, 2.24) is 15.1 Å². The fourth-order valence-electron chi connectivity index (χ4n) is 2.42. The van der Waals surface area contributed by atoms with E-state index in [4.69, 9.17) is 4.42 Å². The van der Waals surface area contributed by atoms with Crippen LogP contribution >= 0.6 is 27.7 Å². The van der Waals surface area contributed by atoms with Crippen molar-refractivity contribution in [2.45, 2.75) is 19.9 Å². The van der Waals surface area contributed by atoms with Crippen LogP contribution in [0.5, 0.6) is 0 Å². The Balaban J connectivity index is 1.93. The zero-order chi connectivity index (χ0) is 17.7. The van der Waals surface area contributed by atoms with Gasteiger partial charge in [-0.15, -0.1) is 11.8 Å². The van der Waals surface area contributed by atoms with Crippen molar-refractivity contribution in [3.05, 3.63) is 22.6 Å². The monoisotopic (exact) mass is 417 g/mol. The second-order valence-electron chi connectivity index (χ2n) is 5.18. The zero-order valence-corrected chi connectivity index (χ0v) is 16.0. The molecule has 0 aromatic carbocycles. The normalized spacial score (nSPS) is 17.0. The number of hydrogen-bond donors (Lipinski definition) is 1. The molecule has 7 nitrogen and oxygen atoms in total. The Bertz CT molecular complexity index is 618. The van der Waals surface area contributed by atoms with Crippen LogP contribution < -0.4 is 5.32 Å². The van der Waals surface area contributed by atoms with Crippen LogP contribution in [0.25, 0.3) is 0 Å². The van der Waals surface area contributed by atoms with Gasteiger partial charge in [0.15, 0.2) is 10.4 Å². The summed E-state index contributed by atoms with van der Waals surface area (Å²) in [5.41, 5.74) is 0. The second-order valence-corrected chi connectivity index (χ2v) is 6.96. The average molecular weight is 418 g/mol. The molecule has 132 valence electrons. The molecule has 1 aromatic rings. The Morgan fingerprint density at radius 2 is 2.08 bits per heavy atom. The molecule has 9 heteroatoms. The van der Waals surface area contributed by atoms with Gasteiger partial charge in [0.2, 0.25) is 11.8 Å². The maximum atomic E-state index is 12.5. The maximum absolute atomic E-state index is 12.5. The summed E-state index contributed by atoms with van der Waals surface area (Å²) in [4.78, 5) is 40.0. The highest BCUT2D eigenvalue weighted by Gasteiger charge is 2.36. The second kappa shape index (κ2) is 8.57. The van der Waals surface area contributed by atoms with Crippen molar-refractivity contribution in [3.8, 4) is 0 Å². The predicted octanol–water partition coefficient (Wildman–Crippen LogP) is 1.54. The molecule has 3 amide bonds. The number of nitrogens with one attached hydrogen (secondary N) is 1. The number of halogens is 1. The van der Waals surface area contributed by atoms with Gasteiger partial charge in [0, 0.05) is 18.8 Å². The number of thioether (sulfide) groups is 1. The van der Waals surface area contributed by atoms with Gasteiger partial charge in [-0.1, -0.05) is 0 Å². The molecule has 0 unspecified atom stereocenters. The molecule has 1 aromatic heterocycles. The number of hydrogen-bond acceptors (Lipinski definition) is 5. The maximum Gasteiger partial charge on any atom is 0.287 e. The Labute approximate surface area is 153 Å². The van der Waals surface area contributed by atoms with Crippen molar-refractivity contribution in [3.63, 3.8) is 0 Å². The fraction of sp³-hybridized carbons (Fsp3) is 0.533. The van der Waals surface area contributed by atoms with Crippen LogP contribution in [-0.4, -0.2) is 64.8 Å². The first kappa shape index (κ1) is 18.9. The minimum Gasteiger partial charge on any atom is -0.444 e. The van der Waals surface area contributed by atoms with Gasteiger partial charge in [-0.2, -0.15) is 0 Å². The van der Waals surface area contributed by atoms with Gasteiger partial charge in [0.05, 0.1) is 12.4 Å². The quantitative estimate of drug-likeness (QED) is 0.758. The predicted molar refractivity (Wildman–Crippen MR) is 94.6 cm³/mol. The molecule has 1 aliphatic rings. The number of carbonyl (C=O) groups is 3. The number of carbonyl (C=O) groups excluding carboxylic acids is 3. The van der Waals surface area contributed by atoms with Gasteiger partial charge in [0.1, 0.15) is 6.04 Å². The van der Waals surface area contributed by atoms with Crippen LogP contribution in [0.1, 0.15) is 24.4 Å². The third-order valence-corrected chi connectivity index (χ3v) is 5.20. The molecule has 1 aliphatic heterocycles. The topological polar surface area (TPSA) is 82.9 Å². The van der Waals surface area contributed by atoms with Gasteiger partial charge in [-0.3, -0.25) is 14.4 Å². The summed E-state index contributed by atoms with van der Waals surface area (Å²) in [6.07, 6.45) is 0. The van der Waals surface area contributed by atoms with E-state index in [1.165, 1.54) is 22.7 Å². The van der Waals surface area contributed by atoms with Crippen molar-refractivity contribution in [2.24, 2.45) is 0 Å². The molecule has 1 saturated heterocycles. The van der Waals surface area contributed by atoms with E-state index in [1.807, 2.05) is 13.8 Å². The van der Waals surface area contributed by atoms with Gasteiger partial charge < -0.3 is 19.5 Å². The minimum absolute atomic E-state index is 0.0420. The first-order chi connectivity index (χ1) is 11.5. The first-order valence-corrected chi connectivity index (χ1v) is 9.62. The number of nitrogens with zero attached hydrogens (tertiary/aromatic N) is 2. The van der Waals surface area contributed by atoms with Crippen LogP contribution in [0.2, 0.25) is 0 Å². The van der Waals surface area contributed by atoms with Crippen LogP contribution in [-0.2, 0) is 9.59 Å². The minimum atomic E-state index is -0.465. The van der Waals surface area contributed by atoms with Gasteiger partial charge in [0.25, 0.3) is 5.91 Å². The van der Waals surface area contributed by atoms with Crippen LogP contribution in [0.15, 0.2) is 21.2 Å². The van der Waals surface area contributed by atoms with E-state index in [0.29, 0.717) is 29.4 Å². The summed E-state index contributed by atoms with van der Waals surface area (Å²) in [7, 11) is 0. The highest BCUT2D eigenvalue weighted by atomic mass is 79.9. The van der Waals surface area contributed by atoms with E-state index in [1.54, 1.807) is 11.0 Å². The summed E-state index contributed by atoms with van der Waals surface area (Å²) < 4.78 is 5.58. The summed E-state index contributed by atoms with van der Waals surface area (Å²) in [5, 5.41) is 2.53. The molecular weight excluding hydrogens is 398 g/mol. The van der Waals surface area contributed by atoms with Gasteiger partial charge in [-0.05, 0) is 41.9 Å². The summed E-state index contributed by atoms with van der Waals surface area (Å²) in [6.45, 7) is 4.89. The number of rotatable bonds is 6. The van der Waals surface area contributed by atoms with Crippen molar-refractivity contribution >= 4 is 45.4 Å². The van der Waals surface area contributed by atoms with Gasteiger partial charge in [-0.25, -0.2) is 0 Å². The third kappa shape index (κ3) is 4.32. The Kier molecular flexibility index (Phi) is 6.73. The molecule has 0 bridgehead atoms. The molecule has 1 N–H and O–H groups in total. The Hall–Kier alpha value is -1.48. The molecule has 0 aliphatic carbocycles. The number of furan rings is 1. The van der Waals surface area contributed by atoms with Crippen molar-refractivity contribution in [1.29, 1.82) is 0 Å². The third-order valence-electron chi connectivity index (χ3n) is 3.76. The Morgan fingerprint density at radius 1 is 1.38 bits per heavy atom. The fourth-order valence-corrected chi connectivity index (χ4v) is 3.90. The molecule has 2 rings (SSSR count). The lowest BCUT2D eigenvalue weighted by molar-refractivity contribution is -0.142. The molecular formula is C15H20BrN3O4S. The van der Waals surface area contributed by atoms with E-state index >= 15 is 0 Å². The van der Waals surface area contributed by atoms with E-state index < -0.39 is 11.9 Å². The van der Waals surface area contributed by atoms with Crippen LogP contribution in [0.4, 0.5) is 0 Å². The van der Waals surface area contributed by atoms with E-state index in [2.05, 4.69) is 21.2 Å². The smallest absolute Gasteiger partial charge is 0.287 e. The lowest BCUT2D eigenvalue weighted by Crippen LogP contribution is -2.51. The molecule has 0 spiro atoms. The van der Waals surface area contributed by atoms with E-state index in [9.17, 15) is 14.4 Å². The molecule has 2 heterocycles. The Morgan fingerprint density at radius 3 is 2.67 bits per heavy atom. The van der Waals surface area contributed by atoms with Crippen LogP contribution in [0, 0.1) is 0 Å². The van der Waals surface area contributed by atoms with Crippen molar-refractivity contribution in [2.75, 3.05) is 31.3 Å². The van der Waals surface area contributed by atoms with Gasteiger partial charge >= 0.3 is 0 Å². The lowest BCUT2D eigenvalue weighted by atomic mass is 10.2. The van der Waals surface area contributed by atoms with E-state index in [-0.39, 0.29) is 24.1 Å². The number of likely N-dealkylation sites (N-methyl/N-ethyl adjacent to an activating group) is 1. The van der Waals surface area contributed by atoms with E-state index in [0.717, 1.165) is 0 Å².